The topological polar surface area (TPSA) is 84.1 Å². The van der Waals surface area contributed by atoms with E-state index in [2.05, 4.69) is 15.3 Å². The fourth-order valence-corrected chi connectivity index (χ4v) is 2.62. The van der Waals surface area contributed by atoms with Crippen LogP contribution in [0.1, 0.15) is 52.6 Å². The molecule has 0 unspecified atom stereocenters. The van der Waals surface area contributed by atoms with Gasteiger partial charge in [-0.25, -0.2) is 4.98 Å². The predicted octanol–water partition coefficient (Wildman–Crippen LogP) is 2.45. The van der Waals surface area contributed by atoms with Gasteiger partial charge in [0.1, 0.15) is 0 Å². The van der Waals surface area contributed by atoms with Crippen molar-refractivity contribution in [1.82, 2.24) is 15.3 Å². The zero-order valence-electron chi connectivity index (χ0n) is 14.7. The van der Waals surface area contributed by atoms with Gasteiger partial charge in [-0.1, -0.05) is 13.8 Å². The van der Waals surface area contributed by atoms with E-state index in [0.29, 0.717) is 23.7 Å². The fraction of sp³-hybridized carbons (Fsp3) is 0.389. The summed E-state index contributed by atoms with van der Waals surface area (Å²) in [7, 11) is 1.56. The van der Waals surface area contributed by atoms with Crippen LogP contribution in [0.15, 0.2) is 23.0 Å². The molecular formula is C18H23N3O3. The van der Waals surface area contributed by atoms with Crippen LogP contribution in [0.4, 0.5) is 0 Å². The Kier molecular flexibility index (Phi) is 5.39. The van der Waals surface area contributed by atoms with Crippen molar-refractivity contribution in [2.45, 2.75) is 40.2 Å². The summed E-state index contributed by atoms with van der Waals surface area (Å²) in [6, 6.07) is 4.87. The van der Waals surface area contributed by atoms with Gasteiger partial charge in [-0.05, 0) is 37.5 Å². The highest BCUT2D eigenvalue weighted by Crippen LogP contribution is 2.21. The maximum atomic E-state index is 12.5. The van der Waals surface area contributed by atoms with Gasteiger partial charge in [0.15, 0.2) is 0 Å². The molecule has 0 atom stereocenters. The second kappa shape index (κ2) is 7.29. The van der Waals surface area contributed by atoms with E-state index in [9.17, 15) is 9.59 Å². The Morgan fingerprint density at radius 3 is 2.67 bits per heavy atom. The van der Waals surface area contributed by atoms with Crippen molar-refractivity contribution in [3.63, 3.8) is 0 Å². The van der Waals surface area contributed by atoms with Gasteiger partial charge in [0.05, 0.1) is 12.7 Å². The molecule has 6 heteroatoms. The molecule has 0 radical (unpaired) electrons. The smallest absolute Gasteiger partial charge is 0.253 e. The molecule has 6 nitrogen and oxygen atoms in total. The summed E-state index contributed by atoms with van der Waals surface area (Å²) in [5.41, 5.74) is 3.60. The molecule has 2 aromatic heterocycles. The molecule has 24 heavy (non-hydrogen) atoms. The van der Waals surface area contributed by atoms with E-state index in [4.69, 9.17) is 4.74 Å². The van der Waals surface area contributed by atoms with E-state index in [1.54, 1.807) is 13.2 Å². The van der Waals surface area contributed by atoms with Crippen molar-refractivity contribution in [2.24, 2.45) is 0 Å². The summed E-state index contributed by atoms with van der Waals surface area (Å²) in [4.78, 5) is 31.1. The summed E-state index contributed by atoms with van der Waals surface area (Å²) in [5, 5.41) is 2.88. The second-order valence-electron chi connectivity index (χ2n) is 6.06. The number of methoxy groups -OCH3 is 1. The molecule has 2 heterocycles. The van der Waals surface area contributed by atoms with E-state index in [0.717, 1.165) is 16.8 Å². The number of aryl methyl sites for hydroxylation is 2. The number of amides is 1. The molecule has 0 aromatic carbocycles. The van der Waals surface area contributed by atoms with Crippen molar-refractivity contribution >= 4 is 5.91 Å². The highest BCUT2D eigenvalue weighted by molar-refractivity contribution is 5.95. The Hall–Kier alpha value is -2.63. The van der Waals surface area contributed by atoms with E-state index < -0.39 is 0 Å². The van der Waals surface area contributed by atoms with E-state index in [1.165, 1.54) is 6.07 Å². The number of ether oxygens (including phenoxy) is 1. The second-order valence-corrected chi connectivity index (χ2v) is 6.06. The van der Waals surface area contributed by atoms with E-state index in [-0.39, 0.29) is 17.4 Å². The third kappa shape index (κ3) is 3.82. The first-order valence-corrected chi connectivity index (χ1v) is 7.86. The Morgan fingerprint density at radius 1 is 1.33 bits per heavy atom. The number of carbonyl (C=O) groups excluding carboxylic acids is 1. The van der Waals surface area contributed by atoms with Crippen LogP contribution in [0.25, 0.3) is 0 Å². The minimum absolute atomic E-state index is 0.0389. The van der Waals surface area contributed by atoms with Gasteiger partial charge in [0.25, 0.3) is 5.91 Å². The molecule has 0 aliphatic heterocycles. The highest BCUT2D eigenvalue weighted by Gasteiger charge is 2.16. The first-order chi connectivity index (χ1) is 11.3. The molecule has 128 valence electrons. The lowest BCUT2D eigenvalue weighted by molar-refractivity contribution is 0.0948. The van der Waals surface area contributed by atoms with Crippen LogP contribution in [0, 0.1) is 13.8 Å². The molecule has 1 amide bonds. The van der Waals surface area contributed by atoms with Gasteiger partial charge in [0.2, 0.25) is 11.4 Å². The zero-order valence-corrected chi connectivity index (χ0v) is 14.7. The third-order valence-corrected chi connectivity index (χ3v) is 3.83. The lowest BCUT2D eigenvalue weighted by Crippen LogP contribution is -2.27. The number of rotatable bonds is 5. The summed E-state index contributed by atoms with van der Waals surface area (Å²) < 4.78 is 5.31. The minimum Gasteiger partial charge on any atom is -0.481 e. The molecule has 0 saturated heterocycles. The number of aromatic nitrogens is 2. The Morgan fingerprint density at radius 2 is 2.04 bits per heavy atom. The number of nitrogens with zero attached hydrogens (tertiary/aromatic N) is 1. The SMILES string of the molecule is COc1nc(C)cc(C)c1CNC(=O)c1ccc(=O)[nH]c1C(C)C. The summed E-state index contributed by atoms with van der Waals surface area (Å²) in [5.74, 6) is 0.312. The number of H-pyrrole nitrogens is 1. The van der Waals surface area contributed by atoms with Crippen molar-refractivity contribution < 1.29 is 9.53 Å². The Balaban J connectivity index is 2.25. The van der Waals surface area contributed by atoms with Gasteiger partial charge in [-0.2, -0.15) is 0 Å². The quantitative estimate of drug-likeness (QED) is 0.882. The molecule has 2 N–H and O–H groups in total. The molecule has 0 fully saturated rings. The zero-order chi connectivity index (χ0) is 17.9. The van der Waals surface area contributed by atoms with Crippen LogP contribution < -0.4 is 15.6 Å². The largest absolute Gasteiger partial charge is 0.481 e. The van der Waals surface area contributed by atoms with Crippen molar-refractivity contribution in [2.75, 3.05) is 7.11 Å². The van der Waals surface area contributed by atoms with Gasteiger partial charge >= 0.3 is 0 Å². The van der Waals surface area contributed by atoms with Crippen molar-refractivity contribution in [3.05, 3.63) is 56.6 Å². The predicted molar refractivity (Wildman–Crippen MR) is 92.6 cm³/mol. The minimum atomic E-state index is -0.239. The van der Waals surface area contributed by atoms with Crippen LogP contribution in [-0.2, 0) is 6.54 Å². The average molecular weight is 329 g/mol. The molecule has 2 aromatic rings. The lowest BCUT2D eigenvalue weighted by atomic mass is 10.0. The van der Waals surface area contributed by atoms with E-state index >= 15 is 0 Å². The number of nitrogens with one attached hydrogen (secondary N) is 2. The molecule has 0 bridgehead atoms. The van der Waals surface area contributed by atoms with Crippen LogP contribution in [0.3, 0.4) is 0 Å². The number of pyridine rings is 2. The molecule has 2 rings (SSSR count). The van der Waals surface area contributed by atoms with Gasteiger partial charge in [-0.15, -0.1) is 0 Å². The van der Waals surface area contributed by atoms with Crippen LogP contribution in [-0.4, -0.2) is 23.0 Å². The number of hydrogen-bond donors (Lipinski definition) is 2. The van der Waals surface area contributed by atoms with Gasteiger partial charge in [0, 0.05) is 29.6 Å². The van der Waals surface area contributed by atoms with Gasteiger partial charge in [-0.3, -0.25) is 9.59 Å². The summed E-state index contributed by atoms with van der Waals surface area (Å²) in [6.45, 7) is 8.02. The number of hydrogen-bond acceptors (Lipinski definition) is 4. The van der Waals surface area contributed by atoms with Crippen molar-refractivity contribution in [3.8, 4) is 5.88 Å². The maximum absolute atomic E-state index is 12.5. The van der Waals surface area contributed by atoms with Gasteiger partial charge < -0.3 is 15.0 Å². The highest BCUT2D eigenvalue weighted by atomic mass is 16.5. The maximum Gasteiger partial charge on any atom is 0.253 e. The molecule has 0 saturated carbocycles. The summed E-state index contributed by atoms with van der Waals surface area (Å²) >= 11 is 0. The Bertz CT molecular complexity index is 810. The fourth-order valence-electron chi connectivity index (χ4n) is 2.62. The van der Waals surface area contributed by atoms with Crippen LogP contribution in [0.5, 0.6) is 5.88 Å². The summed E-state index contributed by atoms with van der Waals surface area (Å²) in [6.07, 6.45) is 0. The van der Waals surface area contributed by atoms with Crippen LogP contribution in [0.2, 0.25) is 0 Å². The standard InChI is InChI=1S/C18H23N3O3/c1-10(2)16-13(6-7-15(22)21-16)17(23)19-9-14-11(3)8-12(4)20-18(14)24-5/h6-8,10H,9H2,1-5H3,(H,19,23)(H,21,22). The third-order valence-electron chi connectivity index (χ3n) is 3.83. The number of carbonyl (C=O) groups is 1. The van der Waals surface area contributed by atoms with Crippen molar-refractivity contribution in [1.29, 1.82) is 0 Å². The molecule has 0 spiro atoms. The van der Waals surface area contributed by atoms with Crippen LogP contribution >= 0.6 is 0 Å². The Labute approximate surface area is 141 Å². The normalized spacial score (nSPS) is 10.8. The first kappa shape index (κ1) is 17.7. The lowest BCUT2D eigenvalue weighted by Gasteiger charge is -2.15. The average Bonchev–Trinajstić information content (AvgIpc) is 2.52. The number of aromatic amines is 1. The first-order valence-electron chi connectivity index (χ1n) is 7.86. The molecule has 0 aliphatic rings. The van der Waals surface area contributed by atoms with E-state index in [1.807, 2.05) is 33.8 Å². The molecule has 0 aliphatic carbocycles. The molecular weight excluding hydrogens is 306 g/mol. The monoisotopic (exact) mass is 329 g/mol.